The minimum atomic E-state index is -0.0113. The SMILES string of the molecule is COC(CO)CCCCOCC=C(C)C. The smallest absolute Gasteiger partial charge is 0.0802 e. The van der Waals surface area contributed by atoms with Crippen molar-refractivity contribution in [1.29, 1.82) is 0 Å². The van der Waals surface area contributed by atoms with E-state index in [2.05, 4.69) is 19.9 Å². The largest absolute Gasteiger partial charge is 0.394 e. The maximum absolute atomic E-state index is 8.86. The summed E-state index contributed by atoms with van der Waals surface area (Å²) < 4.78 is 10.5. The van der Waals surface area contributed by atoms with E-state index < -0.39 is 0 Å². The molecule has 1 atom stereocenters. The first-order valence-corrected chi connectivity index (χ1v) is 5.55. The van der Waals surface area contributed by atoms with Gasteiger partial charge in [0.2, 0.25) is 0 Å². The van der Waals surface area contributed by atoms with E-state index in [1.54, 1.807) is 7.11 Å². The van der Waals surface area contributed by atoms with Crippen molar-refractivity contribution in [2.24, 2.45) is 0 Å². The summed E-state index contributed by atoms with van der Waals surface area (Å²) in [7, 11) is 1.63. The van der Waals surface area contributed by atoms with Crippen LogP contribution in [0, 0.1) is 0 Å². The van der Waals surface area contributed by atoms with Gasteiger partial charge in [-0.25, -0.2) is 0 Å². The minimum absolute atomic E-state index is 0.0113. The Morgan fingerprint density at radius 1 is 1.33 bits per heavy atom. The molecule has 1 unspecified atom stereocenters. The standard InChI is InChI=1S/C12H24O3/c1-11(2)7-9-15-8-5-4-6-12(10-13)14-3/h7,12-13H,4-6,8-10H2,1-3H3. The van der Waals surface area contributed by atoms with Crippen LogP contribution in [0.1, 0.15) is 33.1 Å². The molecule has 0 spiro atoms. The van der Waals surface area contributed by atoms with Crippen molar-refractivity contribution in [1.82, 2.24) is 0 Å². The molecule has 0 heterocycles. The fraction of sp³-hybridized carbons (Fsp3) is 0.833. The van der Waals surface area contributed by atoms with Crippen LogP contribution in [0.15, 0.2) is 11.6 Å². The van der Waals surface area contributed by atoms with Gasteiger partial charge in [0.05, 0.1) is 19.3 Å². The summed E-state index contributed by atoms with van der Waals surface area (Å²) in [6.07, 6.45) is 5.03. The van der Waals surface area contributed by atoms with Crippen molar-refractivity contribution < 1.29 is 14.6 Å². The van der Waals surface area contributed by atoms with Crippen LogP contribution >= 0.6 is 0 Å². The summed E-state index contributed by atoms with van der Waals surface area (Å²) in [4.78, 5) is 0. The van der Waals surface area contributed by atoms with E-state index in [0.717, 1.165) is 25.9 Å². The molecule has 0 aromatic heterocycles. The van der Waals surface area contributed by atoms with Gasteiger partial charge in [-0.1, -0.05) is 11.6 Å². The zero-order valence-electron chi connectivity index (χ0n) is 10.2. The fourth-order valence-corrected chi connectivity index (χ4v) is 1.17. The number of aliphatic hydroxyl groups is 1. The maximum atomic E-state index is 8.86. The van der Waals surface area contributed by atoms with Crippen molar-refractivity contribution in [3.05, 3.63) is 11.6 Å². The molecule has 0 aliphatic heterocycles. The molecule has 0 aromatic carbocycles. The first-order chi connectivity index (χ1) is 7.20. The van der Waals surface area contributed by atoms with Crippen LogP contribution in [-0.4, -0.2) is 38.1 Å². The average Bonchev–Trinajstić information content (AvgIpc) is 2.22. The molecule has 0 bridgehead atoms. The van der Waals surface area contributed by atoms with Gasteiger partial charge in [0.1, 0.15) is 0 Å². The first kappa shape index (κ1) is 14.6. The number of methoxy groups -OCH3 is 1. The van der Waals surface area contributed by atoms with E-state index in [9.17, 15) is 0 Å². The normalized spacial score (nSPS) is 12.5. The van der Waals surface area contributed by atoms with Crippen molar-refractivity contribution in [3.8, 4) is 0 Å². The van der Waals surface area contributed by atoms with Crippen LogP contribution in [0.2, 0.25) is 0 Å². The van der Waals surface area contributed by atoms with E-state index in [0.29, 0.717) is 6.61 Å². The zero-order valence-corrected chi connectivity index (χ0v) is 10.2. The van der Waals surface area contributed by atoms with E-state index in [-0.39, 0.29) is 12.7 Å². The number of allylic oxidation sites excluding steroid dienone is 1. The number of unbranched alkanes of at least 4 members (excludes halogenated alkanes) is 1. The van der Waals surface area contributed by atoms with E-state index in [4.69, 9.17) is 14.6 Å². The van der Waals surface area contributed by atoms with Gasteiger partial charge in [-0.15, -0.1) is 0 Å². The number of aliphatic hydroxyl groups excluding tert-OH is 1. The second kappa shape index (κ2) is 10.1. The van der Waals surface area contributed by atoms with Gasteiger partial charge in [-0.05, 0) is 33.1 Å². The Hall–Kier alpha value is -0.380. The van der Waals surface area contributed by atoms with Crippen molar-refractivity contribution in [3.63, 3.8) is 0 Å². The average molecular weight is 216 g/mol. The third-order valence-electron chi connectivity index (χ3n) is 2.21. The number of hydrogen-bond donors (Lipinski definition) is 1. The zero-order chi connectivity index (χ0) is 11.5. The van der Waals surface area contributed by atoms with Gasteiger partial charge < -0.3 is 14.6 Å². The highest BCUT2D eigenvalue weighted by atomic mass is 16.5. The van der Waals surface area contributed by atoms with E-state index >= 15 is 0 Å². The lowest BCUT2D eigenvalue weighted by atomic mass is 10.2. The lowest BCUT2D eigenvalue weighted by Gasteiger charge is -2.11. The Morgan fingerprint density at radius 2 is 2.07 bits per heavy atom. The molecule has 0 aliphatic rings. The predicted molar refractivity (Wildman–Crippen MR) is 62.0 cm³/mol. The summed E-state index contributed by atoms with van der Waals surface area (Å²) in [5, 5.41) is 8.86. The van der Waals surface area contributed by atoms with Crippen LogP contribution in [-0.2, 0) is 9.47 Å². The van der Waals surface area contributed by atoms with E-state index in [1.807, 2.05) is 0 Å². The van der Waals surface area contributed by atoms with Gasteiger partial charge in [0.15, 0.2) is 0 Å². The van der Waals surface area contributed by atoms with Crippen LogP contribution in [0.3, 0.4) is 0 Å². The second-order valence-corrected chi connectivity index (χ2v) is 3.89. The maximum Gasteiger partial charge on any atom is 0.0802 e. The molecule has 0 aromatic rings. The molecule has 0 aliphatic carbocycles. The highest BCUT2D eigenvalue weighted by molar-refractivity contribution is 4.92. The summed E-state index contributed by atoms with van der Waals surface area (Å²) in [6, 6.07) is 0. The minimum Gasteiger partial charge on any atom is -0.394 e. The molecule has 1 N–H and O–H groups in total. The molecule has 0 saturated heterocycles. The number of rotatable bonds is 9. The Bertz CT molecular complexity index is 158. The molecule has 0 fully saturated rings. The molecule has 3 nitrogen and oxygen atoms in total. The van der Waals surface area contributed by atoms with Gasteiger partial charge in [-0.3, -0.25) is 0 Å². The van der Waals surface area contributed by atoms with Gasteiger partial charge in [-0.2, -0.15) is 0 Å². The molecule has 15 heavy (non-hydrogen) atoms. The molecule has 90 valence electrons. The molecular weight excluding hydrogens is 192 g/mol. The first-order valence-electron chi connectivity index (χ1n) is 5.55. The Balaban J connectivity index is 3.21. The summed E-state index contributed by atoms with van der Waals surface area (Å²) in [6.45, 7) is 5.72. The summed E-state index contributed by atoms with van der Waals surface area (Å²) in [5.41, 5.74) is 1.29. The molecule has 3 heteroatoms. The van der Waals surface area contributed by atoms with Crippen molar-refractivity contribution in [2.75, 3.05) is 26.9 Å². The predicted octanol–water partition coefficient (Wildman–Crippen LogP) is 2.15. The molecular formula is C12H24O3. The third-order valence-corrected chi connectivity index (χ3v) is 2.21. The molecule has 0 radical (unpaired) electrons. The van der Waals surface area contributed by atoms with Crippen LogP contribution in [0.4, 0.5) is 0 Å². The van der Waals surface area contributed by atoms with Gasteiger partial charge in [0.25, 0.3) is 0 Å². The summed E-state index contributed by atoms with van der Waals surface area (Å²) >= 11 is 0. The van der Waals surface area contributed by atoms with Crippen LogP contribution in [0.5, 0.6) is 0 Å². The summed E-state index contributed by atoms with van der Waals surface area (Å²) in [5.74, 6) is 0. The van der Waals surface area contributed by atoms with Crippen LogP contribution in [0.25, 0.3) is 0 Å². The van der Waals surface area contributed by atoms with E-state index in [1.165, 1.54) is 5.57 Å². The Labute approximate surface area is 93.1 Å². The second-order valence-electron chi connectivity index (χ2n) is 3.89. The molecule has 0 rings (SSSR count). The number of ether oxygens (including phenoxy) is 2. The fourth-order valence-electron chi connectivity index (χ4n) is 1.17. The van der Waals surface area contributed by atoms with Gasteiger partial charge in [0, 0.05) is 13.7 Å². The van der Waals surface area contributed by atoms with Crippen LogP contribution < -0.4 is 0 Å². The third kappa shape index (κ3) is 9.91. The lowest BCUT2D eigenvalue weighted by molar-refractivity contribution is 0.0397. The molecule has 0 saturated carbocycles. The Kier molecular flexibility index (Phi) is 9.89. The lowest BCUT2D eigenvalue weighted by Crippen LogP contribution is -2.15. The highest BCUT2D eigenvalue weighted by Crippen LogP contribution is 2.03. The highest BCUT2D eigenvalue weighted by Gasteiger charge is 2.03. The topological polar surface area (TPSA) is 38.7 Å². The Morgan fingerprint density at radius 3 is 2.60 bits per heavy atom. The quantitative estimate of drug-likeness (QED) is 0.474. The van der Waals surface area contributed by atoms with Crippen molar-refractivity contribution >= 4 is 0 Å². The number of hydrogen-bond acceptors (Lipinski definition) is 3. The monoisotopic (exact) mass is 216 g/mol. The van der Waals surface area contributed by atoms with Gasteiger partial charge >= 0.3 is 0 Å². The molecule has 0 amide bonds. The van der Waals surface area contributed by atoms with Crippen molar-refractivity contribution in [2.45, 2.75) is 39.2 Å².